The molecule has 0 radical (unpaired) electrons. The van der Waals surface area contributed by atoms with Crippen LogP contribution in [0.5, 0.6) is 0 Å². The molecular formula is C22H26ClN3O4S. The SMILES string of the molecule is CCCCCCC(=O)C1(O)CN(c2ccc(S(N)(=O)=O)cc2)C(c2ccc(Cl)cc2)=N1. The third-order valence-electron chi connectivity index (χ3n) is 5.21. The maximum Gasteiger partial charge on any atom is 0.238 e. The van der Waals surface area contributed by atoms with Crippen LogP contribution < -0.4 is 10.0 Å². The molecule has 1 atom stereocenters. The standard InChI is InChI=1S/C22H26ClN3O4S/c1-2-3-4-5-6-20(27)22(28)15-26(18-11-13-19(14-12-18)31(24,29)30)21(25-22)16-7-9-17(23)10-8-16/h7-14,28H,2-6,15H2,1H3,(H2,24,29,30). The average molecular weight is 464 g/mol. The van der Waals surface area contributed by atoms with Crippen LogP contribution in [0.25, 0.3) is 0 Å². The number of Topliss-reactive ketones (excluding diaryl/α,β-unsaturated/α-hetero) is 1. The molecule has 0 fully saturated rings. The van der Waals surface area contributed by atoms with E-state index in [1.807, 2.05) is 0 Å². The summed E-state index contributed by atoms with van der Waals surface area (Å²) in [5.74, 6) is 0.0724. The number of hydrogen-bond donors (Lipinski definition) is 2. The molecule has 0 saturated carbocycles. The number of β-amino-alcohol motifs (C(OH)–C–C–N with tert-alkyl or cyclic N) is 1. The van der Waals surface area contributed by atoms with Gasteiger partial charge in [0.05, 0.1) is 11.4 Å². The number of halogens is 1. The quantitative estimate of drug-likeness (QED) is 0.552. The van der Waals surface area contributed by atoms with E-state index in [4.69, 9.17) is 16.7 Å². The molecule has 1 unspecified atom stereocenters. The zero-order valence-corrected chi connectivity index (χ0v) is 18.9. The number of unbranched alkanes of at least 4 members (excludes halogenated alkanes) is 3. The summed E-state index contributed by atoms with van der Waals surface area (Å²) in [6.45, 7) is 2.03. The van der Waals surface area contributed by atoms with Gasteiger partial charge in [0.25, 0.3) is 0 Å². The summed E-state index contributed by atoms with van der Waals surface area (Å²) >= 11 is 6.00. The van der Waals surface area contributed by atoms with E-state index in [1.54, 1.807) is 41.3 Å². The van der Waals surface area contributed by atoms with Gasteiger partial charge in [0.2, 0.25) is 15.7 Å². The van der Waals surface area contributed by atoms with Gasteiger partial charge in [-0.05, 0) is 55.0 Å². The molecule has 0 bridgehead atoms. The van der Waals surface area contributed by atoms with Gasteiger partial charge in [-0.25, -0.2) is 18.5 Å². The topological polar surface area (TPSA) is 113 Å². The first-order valence-corrected chi connectivity index (χ1v) is 12.1. The van der Waals surface area contributed by atoms with E-state index < -0.39 is 15.7 Å². The maximum absolute atomic E-state index is 12.8. The Balaban J connectivity index is 1.93. The fourth-order valence-corrected chi connectivity index (χ4v) is 4.12. The number of amidine groups is 1. The molecule has 0 aromatic heterocycles. The van der Waals surface area contributed by atoms with Crippen molar-refractivity contribution in [1.82, 2.24) is 0 Å². The minimum Gasteiger partial charge on any atom is -0.362 e. The first-order chi connectivity index (χ1) is 14.6. The molecule has 7 nitrogen and oxygen atoms in total. The number of ketones is 1. The van der Waals surface area contributed by atoms with Crippen molar-refractivity contribution in [3.8, 4) is 0 Å². The number of hydrogen-bond acceptors (Lipinski definition) is 6. The van der Waals surface area contributed by atoms with Crippen molar-refractivity contribution in [3.63, 3.8) is 0 Å². The summed E-state index contributed by atoms with van der Waals surface area (Å²) in [5, 5.41) is 16.8. The number of carbonyl (C=O) groups excluding carboxylic acids is 1. The summed E-state index contributed by atoms with van der Waals surface area (Å²) in [5.41, 5.74) is -0.620. The number of rotatable bonds is 9. The van der Waals surface area contributed by atoms with Crippen LogP contribution in [0.4, 0.5) is 5.69 Å². The van der Waals surface area contributed by atoms with Crippen molar-refractivity contribution in [2.45, 2.75) is 49.6 Å². The highest BCUT2D eigenvalue weighted by atomic mass is 35.5. The van der Waals surface area contributed by atoms with Gasteiger partial charge in [0.15, 0.2) is 5.78 Å². The molecule has 1 heterocycles. The number of anilines is 1. The Morgan fingerprint density at radius 3 is 2.35 bits per heavy atom. The summed E-state index contributed by atoms with van der Waals surface area (Å²) in [6.07, 6.45) is 3.95. The van der Waals surface area contributed by atoms with Crippen molar-refractivity contribution in [2.75, 3.05) is 11.4 Å². The number of aliphatic imine (C=N–C) groups is 1. The molecule has 2 aromatic carbocycles. The largest absolute Gasteiger partial charge is 0.362 e. The Morgan fingerprint density at radius 1 is 1.13 bits per heavy atom. The molecule has 3 N–H and O–H groups in total. The van der Waals surface area contributed by atoms with Crippen molar-refractivity contribution in [3.05, 3.63) is 59.1 Å². The fourth-order valence-electron chi connectivity index (χ4n) is 3.48. The second-order valence-electron chi connectivity index (χ2n) is 7.62. The molecule has 166 valence electrons. The number of benzene rings is 2. The highest BCUT2D eigenvalue weighted by Gasteiger charge is 2.44. The summed E-state index contributed by atoms with van der Waals surface area (Å²) < 4.78 is 23.1. The van der Waals surface area contributed by atoms with E-state index in [2.05, 4.69) is 11.9 Å². The Bertz CT molecular complexity index is 1070. The van der Waals surface area contributed by atoms with Gasteiger partial charge in [0, 0.05) is 22.7 Å². The monoisotopic (exact) mass is 463 g/mol. The van der Waals surface area contributed by atoms with E-state index in [0.29, 0.717) is 28.5 Å². The van der Waals surface area contributed by atoms with Crippen LogP contribution in [0, 0.1) is 0 Å². The summed E-state index contributed by atoms with van der Waals surface area (Å²) in [7, 11) is -3.83. The van der Waals surface area contributed by atoms with Gasteiger partial charge in [-0.1, -0.05) is 37.8 Å². The third kappa shape index (κ3) is 5.51. The fraction of sp³-hybridized carbons (Fsp3) is 0.364. The number of nitrogens with zero attached hydrogens (tertiary/aromatic N) is 2. The number of sulfonamides is 1. The van der Waals surface area contributed by atoms with Gasteiger partial charge >= 0.3 is 0 Å². The van der Waals surface area contributed by atoms with E-state index in [0.717, 1.165) is 19.3 Å². The number of nitrogens with two attached hydrogens (primary N) is 1. The number of aliphatic hydroxyl groups is 1. The molecule has 0 saturated heterocycles. The van der Waals surface area contributed by atoms with Crippen LogP contribution in [-0.2, 0) is 14.8 Å². The zero-order valence-electron chi connectivity index (χ0n) is 17.3. The Hall–Kier alpha value is -2.26. The predicted octanol–water partition coefficient (Wildman–Crippen LogP) is 3.48. The number of carbonyl (C=O) groups is 1. The van der Waals surface area contributed by atoms with E-state index in [1.165, 1.54) is 12.1 Å². The molecule has 0 aliphatic carbocycles. The summed E-state index contributed by atoms with van der Waals surface area (Å²) in [6, 6.07) is 12.8. The lowest BCUT2D eigenvalue weighted by Gasteiger charge is -2.23. The molecular weight excluding hydrogens is 438 g/mol. The Labute approximate surface area is 187 Å². The van der Waals surface area contributed by atoms with E-state index in [-0.39, 0.29) is 23.6 Å². The molecule has 1 aliphatic rings. The minimum atomic E-state index is -3.83. The van der Waals surface area contributed by atoms with Crippen LogP contribution in [-0.4, -0.2) is 37.4 Å². The third-order valence-corrected chi connectivity index (χ3v) is 6.39. The molecule has 1 aliphatic heterocycles. The van der Waals surface area contributed by atoms with Crippen molar-refractivity contribution < 1.29 is 18.3 Å². The molecule has 3 rings (SSSR count). The van der Waals surface area contributed by atoms with E-state index >= 15 is 0 Å². The molecule has 0 spiro atoms. The summed E-state index contributed by atoms with van der Waals surface area (Å²) in [4.78, 5) is 18.9. The lowest BCUT2D eigenvalue weighted by Crippen LogP contribution is -2.42. The lowest BCUT2D eigenvalue weighted by molar-refractivity contribution is -0.135. The van der Waals surface area contributed by atoms with Gasteiger partial charge in [-0.2, -0.15) is 0 Å². The van der Waals surface area contributed by atoms with Crippen molar-refractivity contribution >= 4 is 38.9 Å². The average Bonchev–Trinajstić information content (AvgIpc) is 3.10. The minimum absolute atomic E-state index is 0.0253. The van der Waals surface area contributed by atoms with Gasteiger partial charge in [-0.3, -0.25) is 4.79 Å². The van der Waals surface area contributed by atoms with Crippen LogP contribution in [0.3, 0.4) is 0 Å². The lowest BCUT2D eigenvalue weighted by atomic mass is 10.0. The van der Waals surface area contributed by atoms with Gasteiger partial charge in [-0.15, -0.1) is 0 Å². The molecule has 9 heteroatoms. The zero-order chi connectivity index (χ0) is 22.6. The molecule has 31 heavy (non-hydrogen) atoms. The first-order valence-electron chi connectivity index (χ1n) is 10.2. The van der Waals surface area contributed by atoms with Crippen LogP contribution in [0.2, 0.25) is 5.02 Å². The normalized spacial score (nSPS) is 18.8. The van der Waals surface area contributed by atoms with E-state index in [9.17, 15) is 18.3 Å². The maximum atomic E-state index is 12.8. The van der Waals surface area contributed by atoms with Crippen molar-refractivity contribution in [1.29, 1.82) is 0 Å². The smallest absolute Gasteiger partial charge is 0.238 e. The second kappa shape index (κ2) is 9.48. The highest BCUT2D eigenvalue weighted by Crippen LogP contribution is 2.31. The van der Waals surface area contributed by atoms with Crippen LogP contribution >= 0.6 is 11.6 Å². The Kier molecular flexibility index (Phi) is 7.16. The predicted molar refractivity (Wildman–Crippen MR) is 122 cm³/mol. The number of primary sulfonamides is 1. The van der Waals surface area contributed by atoms with Crippen LogP contribution in [0.15, 0.2) is 58.4 Å². The second-order valence-corrected chi connectivity index (χ2v) is 9.62. The van der Waals surface area contributed by atoms with Crippen LogP contribution in [0.1, 0.15) is 44.6 Å². The Morgan fingerprint density at radius 2 is 1.77 bits per heavy atom. The first kappa shape index (κ1) is 23.4. The molecule has 0 amide bonds. The van der Waals surface area contributed by atoms with Gasteiger partial charge < -0.3 is 10.0 Å². The highest BCUT2D eigenvalue weighted by molar-refractivity contribution is 7.89. The molecule has 2 aromatic rings. The van der Waals surface area contributed by atoms with Gasteiger partial charge in [0.1, 0.15) is 5.84 Å². The van der Waals surface area contributed by atoms with Crippen molar-refractivity contribution in [2.24, 2.45) is 10.1 Å².